The van der Waals surface area contributed by atoms with Crippen LogP contribution < -0.4 is 16.8 Å². The second-order valence-corrected chi connectivity index (χ2v) is 4.18. The van der Waals surface area contributed by atoms with E-state index in [0.717, 1.165) is 0 Å². The number of carbonyl (C=O) groups excluding carboxylic acids is 1. The molecule has 15 heavy (non-hydrogen) atoms. The van der Waals surface area contributed by atoms with Crippen LogP contribution in [0.25, 0.3) is 0 Å². The summed E-state index contributed by atoms with van der Waals surface area (Å²) >= 11 is 1.19. The fourth-order valence-electron chi connectivity index (χ4n) is 0.962. The Hall–Kier alpha value is -0.850. The predicted molar refractivity (Wildman–Crippen MR) is 64.5 cm³/mol. The summed E-state index contributed by atoms with van der Waals surface area (Å²) in [7, 11) is 0. The first-order chi connectivity index (χ1) is 6.50. The lowest BCUT2D eigenvalue weighted by atomic mass is 10.3. The molecule has 1 heterocycles. The smallest absolute Gasteiger partial charge is 0.263 e. The molecule has 0 aromatic carbocycles. The molecule has 1 rings (SSSR count). The molecule has 5 nitrogen and oxygen atoms in total. The molecule has 7 heteroatoms. The third kappa shape index (κ3) is 4.03. The van der Waals surface area contributed by atoms with Gasteiger partial charge in [-0.1, -0.05) is 11.3 Å². The van der Waals surface area contributed by atoms with Crippen LogP contribution in [0, 0.1) is 6.92 Å². The Labute approximate surface area is 98.7 Å². The maximum absolute atomic E-state index is 11.5. The number of carbonyl (C=O) groups is 1. The quantitative estimate of drug-likeness (QED) is 0.730. The van der Waals surface area contributed by atoms with Crippen molar-refractivity contribution in [2.75, 3.05) is 12.3 Å². The van der Waals surface area contributed by atoms with Gasteiger partial charge in [-0.2, -0.15) is 0 Å². The molecule has 0 bridgehead atoms. The van der Waals surface area contributed by atoms with Gasteiger partial charge in [0.05, 0.1) is 5.69 Å². The number of nitrogens with two attached hydrogens (primary N) is 2. The first-order valence-corrected chi connectivity index (χ1v) is 5.09. The first-order valence-electron chi connectivity index (χ1n) is 4.27. The Morgan fingerprint density at radius 1 is 1.67 bits per heavy atom. The molecule has 0 aliphatic heterocycles. The third-order valence-corrected chi connectivity index (χ3v) is 2.59. The lowest BCUT2D eigenvalue weighted by Crippen LogP contribution is -2.35. The predicted octanol–water partition coefficient (Wildman–Crippen LogP) is 0.533. The fraction of sp³-hybridized carbons (Fsp3) is 0.500. The van der Waals surface area contributed by atoms with E-state index in [9.17, 15) is 4.79 Å². The van der Waals surface area contributed by atoms with Gasteiger partial charge in [-0.15, -0.1) is 12.4 Å². The van der Waals surface area contributed by atoms with Gasteiger partial charge in [-0.05, 0) is 13.8 Å². The minimum atomic E-state index is -0.158. The summed E-state index contributed by atoms with van der Waals surface area (Å²) in [5, 5.41) is 3.11. The van der Waals surface area contributed by atoms with Crippen LogP contribution in [0.5, 0.6) is 0 Å². The number of anilines is 1. The maximum atomic E-state index is 11.5. The summed E-state index contributed by atoms with van der Waals surface area (Å²) in [4.78, 5) is 16.1. The van der Waals surface area contributed by atoms with Gasteiger partial charge in [0.25, 0.3) is 5.91 Å². The van der Waals surface area contributed by atoms with Gasteiger partial charge in [-0.25, -0.2) is 4.98 Å². The van der Waals surface area contributed by atoms with E-state index < -0.39 is 0 Å². The Morgan fingerprint density at radius 3 is 2.67 bits per heavy atom. The van der Waals surface area contributed by atoms with E-state index >= 15 is 0 Å². The van der Waals surface area contributed by atoms with Crippen LogP contribution in [0.3, 0.4) is 0 Å². The zero-order chi connectivity index (χ0) is 10.7. The molecule has 0 radical (unpaired) electrons. The van der Waals surface area contributed by atoms with Crippen molar-refractivity contribution in [3.63, 3.8) is 0 Å². The summed E-state index contributed by atoms with van der Waals surface area (Å²) in [6.45, 7) is 4.04. The fourth-order valence-corrected chi connectivity index (χ4v) is 1.71. The summed E-state index contributed by atoms with van der Waals surface area (Å²) in [5.41, 5.74) is 11.6. The SMILES string of the molecule is Cc1nc(N)sc1C(=O)NCC(C)N.Cl. The van der Waals surface area contributed by atoms with E-state index in [1.165, 1.54) is 11.3 Å². The number of hydrogen-bond donors (Lipinski definition) is 3. The van der Waals surface area contributed by atoms with Gasteiger partial charge in [0.15, 0.2) is 5.13 Å². The molecule has 0 aliphatic rings. The lowest BCUT2D eigenvalue weighted by Gasteiger charge is -2.06. The van der Waals surface area contributed by atoms with Crippen LogP contribution in [-0.2, 0) is 0 Å². The summed E-state index contributed by atoms with van der Waals surface area (Å²) in [6.07, 6.45) is 0. The second-order valence-electron chi connectivity index (χ2n) is 3.15. The molecular formula is C8H15ClN4OS. The molecule has 1 atom stereocenters. The molecule has 1 aromatic heterocycles. The molecule has 1 amide bonds. The highest BCUT2D eigenvalue weighted by Crippen LogP contribution is 2.18. The first kappa shape index (κ1) is 14.2. The molecule has 1 aromatic rings. The Kier molecular flexibility index (Phi) is 5.56. The van der Waals surface area contributed by atoms with Crippen molar-refractivity contribution in [3.8, 4) is 0 Å². The van der Waals surface area contributed by atoms with Gasteiger partial charge in [0, 0.05) is 12.6 Å². The number of hydrogen-bond acceptors (Lipinski definition) is 5. The van der Waals surface area contributed by atoms with Crippen LogP contribution in [0.2, 0.25) is 0 Å². The molecule has 0 aliphatic carbocycles. The van der Waals surface area contributed by atoms with Crippen LogP contribution >= 0.6 is 23.7 Å². The average molecular weight is 251 g/mol. The number of rotatable bonds is 3. The highest BCUT2D eigenvalue weighted by atomic mass is 35.5. The van der Waals surface area contributed by atoms with Gasteiger partial charge in [-0.3, -0.25) is 4.79 Å². The number of nitrogens with one attached hydrogen (secondary N) is 1. The summed E-state index contributed by atoms with van der Waals surface area (Å²) in [6, 6.07) is -0.0514. The Morgan fingerprint density at radius 2 is 2.27 bits per heavy atom. The molecule has 0 saturated carbocycles. The molecule has 1 unspecified atom stereocenters. The molecule has 0 saturated heterocycles. The number of nitrogens with zero attached hydrogens (tertiary/aromatic N) is 1. The van der Waals surface area contributed by atoms with E-state index in [0.29, 0.717) is 22.2 Å². The third-order valence-electron chi connectivity index (χ3n) is 1.60. The number of nitrogen functional groups attached to an aromatic ring is 1. The van der Waals surface area contributed by atoms with Crippen molar-refractivity contribution in [2.24, 2.45) is 5.73 Å². The van der Waals surface area contributed by atoms with E-state index in [1.807, 2.05) is 6.92 Å². The van der Waals surface area contributed by atoms with Crippen LogP contribution in [0.15, 0.2) is 0 Å². The normalized spacial score (nSPS) is 11.7. The van der Waals surface area contributed by atoms with Crippen molar-refractivity contribution in [3.05, 3.63) is 10.6 Å². The monoisotopic (exact) mass is 250 g/mol. The zero-order valence-electron chi connectivity index (χ0n) is 8.61. The standard InChI is InChI=1S/C8H14N4OS.ClH/c1-4(9)3-11-7(13)6-5(2)12-8(10)14-6;/h4H,3,9H2,1-2H3,(H2,10,12)(H,11,13);1H. The number of aromatic nitrogens is 1. The average Bonchev–Trinajstić information content (AvgIpc) is 2.41. The highest BCUT2D eigenvalue weighted by Gasteiger charge is 2.13. The largest absolute Gasteiger partial charge is 0.375 e. The Bertz CT molecular complexity index is 339. The minimum Gasteiger partial charge on any atom is -0.375 e. The van der Waals surface area contributed by atoms with Crippen LogP contribution in [-0.4, -0.2) is 23.5 Å². The minimum absolute atomic E-state index is 0. The summed E-state index contributed by atoms with van der Waals surface area (Å²) in [5.74, 6) is -0.158. The number of amides is 1. The van der Waals surface area contributed by atoms with Crippen molar-refractivity contribution in [2.45, 2.75) is 19.9 Å². The maximum Gasteiger partial charge on any atom is 0.263 e. The van der Waals surface area contributed by atoms with Gasteiger partial charge < -0.3 is 16.8 Å². The van der Waals surface area contributed by atoms with E-state index in [-0.39, 0.29) is 24.4 Å². The number of aryl methyl sites for hydroxylation is 1. The van der Waals surface area contributed by atoms with Crippen molar-refractivity contribution in [1.82, 2.24) is 10.3 Å². The van der Waals surface area contributed by atoms with Crippen molar-refractivity contribution in [1.29, 1.82) is 0 Å². The van der Waals surface area contributed by atoms with Crippen molar-refractivity contribution >= 4 is 34.8 Å². The van der Waals surface area contributed by atoms with E-state index in [1.54, 1.807) is 6.92 Å². The lowest BCUT2D eigenvalue weighted by molar-refractivity contribution is 0.0955. The zero-order valence-corrected chi connectivity index (χ0v) is 10.2. The van der Waals surface area contributed by atoms with Crippen molar-refractivity contribution < 1.29 is 4.79 Å². The number of thiazole rings is 1. The molecule has 5 N–H and O–H groups in total. The second kappa shape index (κ2) is 5.89. The molecular weight excluding hydrogens is 236 g/mol. The molecule has 0 fully saturated rings. The van der Waals surface area contributed by atoms with Gasteiger partial charge in [0.1, 0.15) is 4.88 Å². The van der Waals surface area contributed by atoms with Crippen LogP contribution in [0.1, 0.15) is 22.3 Å². The topological polar surface area (TPSA) is 94.0 Å². The molecule has 86 valence electrons. The number of halogens is 1. The van der Waals surface area contributed by atoms with Gasteiger partial charge >= 0.3 is 0 Å². The van der Waals surface area contributed by atoms with Crippen LogP contribution in [0.4, 0.5) is 5.13 Å². The highest BCUT2D eigenvalue weighted by molar-refractivity contribution is 7.17. The molecule has 0 spiro atoms. The summed E-state index contributed by atoms with van der Waals surface area (Å²) < 4.78 is 0. The van der Waals surface area contributed by atoms with E-state index in [2.05, 4.69) is 10.3 Å². The van der Waals surface area contributed by atoms with E-state index in [4.69, 9.17) is 11.5 Å². The Balaban J connectivity index is 0.00000196. The van der Waals surface area contributed by atoms with Gasteiger partial charge in [0.2, 0.25) is 0 Å².